The molecule has 1 heterocycles. The second-order valence-corrected chi connectivity index (χ2v) is 7.71. The molecule has 162 valence electrons. The van der Waals surface area contributed by atoms with Crippen LogP contribution in [0.3, 0.4) is 0 Å². The third kappa shape index (κ3) is 4.31. The fourth-order valence-corrected chi connectivity index (χ4v) is 3.59. The van der Waals surface area contributed by atoms with Crippen LogP contribution in [0.15, 0.2) is 83.7 Å². The highest BCUT2D eigenvalue weighted by Crippen LogP contribution is 2.21. The van der Waals surface area contributed by atoms with Crippen LogP contribution in [0.2, 0.25) is 5.02 Å². The molecule has 6 nitrogen and oxygen atoms in total. The van der Waals surface area contributed by atoms with Crippen molar-refractivity contribution in [1.29, 1.82) is 0 Å². The average Bonchev–Trinajstić information content (AvgIpc) is 3.02. The zero-order chi connectivity index (χ0) is 22.7. The number of para-hydroxylation sites is 1. The number of rotatable bonds is 6. The normalized spacial score (nSPS) is 10.7. The first-order valence-corrected chi connectivity index (χ1v) is 10.4. The average molecular weight is 448 g/mol. The van der Waals surface area contributed by atoms with E-state index in [0.717, 1.165) is 11.3 Å². The summed E-state index contributed by atoms with van der Waals surface area (Å²) in [5, 5.41) is 3.39. The van der Waals surface area contributed by atoms with Crippen LogP contribution in [0.5, 0.6) is 5.75 Å². The standard InChI is InChI=1S/C25H22ClN3O3/c1-17-23(25(31)29(28(17)2)20-11-4-3-5-12-20)27-24(30)18-10-8-13-21(15-18)32-16-19-9-6-7-14-22(19)26/h3-15H,16H2,1-2H3,(H,27,30). The van der Waals surface area contributed by atoms with Crippen molar-refractivity contribution in [3.05, 3.63) is 111 Å². The van der Waals surface area contributed by atoms with Crippen LogP contribution in [-0.2, 0) is 13.7 Å². The Morgan fingerprint density at radius 1 is 1.00 bits per heavy atom. The van der Waals surface area contributed by atoms with Crippen LogP contribution >= 0.6 is 11.6 Å². The number of amides is 1. The molecular weight excluding hydrogens is 426 g/mol. The zero-order valence-electron chi connectivity index (χ0n) is 17.7. The van der Waals surface area contributed by atoms with Gasteiger partial charge in [0, 0.05) is 23.2 Å². The number of hydrogen-bond donors (Lipinski definition) is 1. The number of anilines is 1. The number of halogens is 1. The Morgan fingerprint density at radius 2 is 1.72 bits per heavy atom. The smallest absolute Gasteiger partial charge is 0.295 e. The number of nitrogens with zero attached hydrogens (tertiary/aromatic N) is 2. The van der Waals surface area contributed by atoms with Gasteiger partial charge >= 0.3 is 0 Å². The molecular formula is C25H22ClN3O3. The Hall–Kier alpha value is -3.77. The number of carbonyl (C=O) groups excluding carboxylic acids is 1. The van der Waals surface area contributed by atoms with Crippen molar-refractivity contribution >= 4 is 23.2 Å². The summed E-state index contributed by atoms with van der Waals surface area (Å²) >= 11 is 6.17. The Balaban J connectivity index is 1.54. The summed E-state index contributed by atoms with van der Waals surface area (Å²) < 4.78 is 9.05. The second kappa shape index (κ2) is 9.16. The number of hydrogen-bond acceptors (Lipinski definition) is 3. The molecule has 4 rings (SSSR count). The molecule has 1 amide bonds. The highest BCUT2D eigenvalue weighted by Gasteiger charge is 2.19. The maximum Gasteiger partial charge on any atom is 0.295 e. The number of carbonyl (C=O) groups is 1. The summed E-state index contributed by atoms with van der Waals surface area (Å²) in [7, 11) is 1.78. The second-order valence-electron chi connectivity index (χ2n) is 7.30. The molecule has 0 unspecified atom stereocenters. The van der Waals surface area contributed by atoms with Gasteiger partial charge in [0.25, 0.3) is 11.5 Å². The quantitative estimate of drug-likeness (QED) is 0.454. The molecule has 4 aromatic rings. The van der Waals surface area contributed by atoms with E-state index in [1.165, 1.54) is 4.68 Å². The number of benzene rings is 3. The highest BCUT2D eigenvalue weighted by molar-refractivity contribution is 6.31. The zero-order valence-corrected chi connectivity index (χ0v) is 18.5. The van der Waals surface area contributed by atoms with Crippen molar-refractivity contribution in [3.8, 4) is 11.4 Å². The summed E-state index contributed by atoms with van der Waals surface area (Å²) in [6, 6.07) is 23.5. The van der Waals surface area contributed by atoms with Gasteiger partial charge in [0.2, 0.25) is 0 Å². The first-order chi connectivity index (χ1) is 15.5. The van der Waals surface area contributed by atoms with Crippen molar-refractivity contribution in [2.24, 2.45) is 7.05 Å². The Labute approximate surface area is 190 Å². The van der Waals surface area contributed by atoms with Gasteiger partial charge in [0.1, 0.15) is 18.0 Å². The van der Waals surface area contributed by atoms with Crippen molar-refractivity contribution in [3.63, 3.8) is 0 Å². The van der Waals surface area contributed by atoms with Gasteiger partial charge < -0.3 is 10.1 Å². The largest absolute Gasteiger partial charge is 0.489 e. The van der Waals surface area contributed by atoms with E-state index < -0.39 is 0 Å². The minimum absolute atomic E-state index is 0.240. The molecule has 32 heavy (non-hydrogen) atoms. The molecule has 7 heteroatoms. The number of nitrogens with one attached hydrogen (secondary N) is 1. The fraction of sp³-hybridized carbons (Fsp3) is 0.120. The van der Waals surface area contributed by atoms with Crippen molar-refractivity contribution < 1.29 is 9.53 Å². The fourth-order valence-electron chi connectivity index (χ4n) is 3.40. The predicted molar refractivity (Wildman–Crippen MR) is 126 cm³/mol. The van der Waals surface area contributed by atoms with Crippen LogP contribution < -0.4 is 15.6 Å². The summed E-state index contributed by atoms with van der Waals surface area (Å²) in [4.78, 5) is 25.9. The molecule has 0 aliphatic carbocycles. The molecule has 3 aromatic carbocycles. The first-order valence-electron chi connectivity index (χ1n) is 10.1. The van der Waals surface area contributed by atoms with Gasteiger partial charge in [-0.1, -0.05) is 54.1 Å². The maximum atomic E-state index is 13.0. The van der Waals surface area contributed by atoms with E-state index in [1.807, 2.05) is 48.5 Å². The highest BCUT2D eigenvalue weighted by atomic mass is 35.5. The van der Waals surface area contributed by atoms with Crippen LogP contribution in [-0.4, -0.2) is 15.3 Å². The molecule has 1 N–H and O–H groups in total. The van der Waals surface area contributed by atoms with Gasteiger partial charge in [-0.15, -0.1) is 0 Å². The predicted octanol–water partition coefficient (Wildman–Crippen LogP) is 4.97. The van der Waals surface area contributed by atoms with Gasteiger partial charge in [-0.2, -0.15) is 0 Å². The van der Waals surface area contributed by atoms with E-state index in [2.05, 4.69) is 5.32 Å². The van der Waals surface area contributed by atoms with Crippen molar-refractivity contribution in [2.75, 3.05) is 5.32 Å². The van der Waals surface area contributed by atoms with E-state index in [0.29, 0.717) is 22.0 Å². The lowest BCUT2D eigenvalue weighted by molar-refractivity contribution is 0.102. The molecule has 0 radical (unpaired) electrons. The summed E-state index contributed by atoms with van der Waals surface area (Å²) in [5.74, 6) is 0.142. The minimum atomic E-state index is -0.390. The van der Waals surface area contributed by atoms with Gasteiger partial charge in [-0.3, -0.25) is 14.3 Å². The van der Waals surface area contributed by atoms with E-state index in [-0.39, 0.29) is 23.8 Å². The molecule has 0 aliphatic rings. The van der Waals surface area contributed by atoms with E-state index in [9.17, 15) is 9.59 Å². The maximum absolute atomic E-state index is 13.0. The third-order valence-corrected chi connectivity index (χ3v) is 5.61. The molecule has 0 saturated carbocycles. The van der Waals surface area contributed by atoms with E-state index in [4.69, 9.17) is 16.3 Å². The molecule has 0 aliphatic heterocycles. The van der Waals surface area contributed by atoms with Crippen molar-refractivity contribution in [2.45, 2.75) is 13.5 Å². The SMILES string of the molecule is Cc1c(NC(=O)c2cccc(OCc3ccccc3Cl)c2)c(=O)n(-c2ccccc2)n1C. The topological polar surface area (TPSA) is 65.3 Å². The monoisotopic (exact) mass is 447 g/mol. The summed E-state index contributed by atoms with van der Waals surface area (Å²) in [6.45, 7) is 2.07. The number of ether oxygens (including phenoxy) is 1. The lowest BCUT2D eigenvalue weighted by atomic mass is 10.2. The van der Waals surface area contributed by atoms with Crippen molar-refractivity contribution in [1.82, 2.24) is 9.36 Å². The van der Waals surface area contributed by atoms with Gasteiger partial charge in [0.05, 0.1) is 11.4 Å². The molecule has 0 bridgehead atoms. The van der Waals surface area contributed by atoms with Crippen LogP contribution in [0, 0.1) is 6.92 Å². The van der Waals surface area contributed by atoms with Gasteiger partial charge in [0.15, 0.2) is 0 Å². The van der Waals surface area contributed by atoms with Crippen LogP contribution in [0.1, 0.15) is 21.6 Å². The molecule has 0 atom stereocenters. The molecule has 0 spiro atoms. The van der Waals surface area contributed by atoms with Crippen LogP contribution in [0.25, 0.3) is 5.69 Å². The van der Waals surface area contributed by atoms with E-state index >= 15 is 0 Å². The van der Waals surface area contributed by atoms with E-state index in [1.54, 1.807) is 49.0 Å². The third-order valence-electron chi connectivity index (χ3n) is 5.24. The lowest BCUT2D eigenvalue weighted by Gasteiger charge is -2.09. The van der Waals surface area contributed by atoms with Crippen LogP contribution in [0.4, 0.5) is 5.69 Å². The van der Waals surface area contributed by atoms with Gasteiger partial charge in [-0.05, 0) is 43.3 Å². The summed E-state index contributed by atoms with van der Waals surface area (Å²) in [6.07, 6.45) is 0. The summed E-state index contributed by atoms with van der Waals surface area (Å²) in [5.41, 5.74) is 2.55. The molecule has 0 fully saturated rings. The minimum Gasteiger partial charge on any atom is -0.489 e. The lowest BCUT2D eigenvalue weighted by Crippen LogP contribution is -2.23. The Bertz CT molecular complexity index is 1330. The number of aromatic nitrogens is 2. The van der Waals surface area contributed by atoms with Gasteiger partial charge in [-0.25, -0.2) is 4.68 Å². The Kier molecular flexibility index (Phi) is 6.14. The Morgan fingerprint density at radius 3 is 2.47 bits per heavy atom. The molecule has 1 aromatic heterocycles. The molecule has 0 saturated heterocycles. The first kappa shape index (κ1) is 21.5.